The Labute approximate surface area is 93.7 Å². The van der Waals surface area contributed by atoms with Crippen molar-refractivity contribution < 1.29 is 0 Å². The largest absolute Gasteiger partial charge is 0.382 e. The second kappa shape index (κ2) is 3.80. The number of nitrogens with zero attached hydrogens (tertiary/aromatic N) is 5. The van der Waals surface area contributed by atoms with Crippen molar-refractivity contribution in [1.82, 2.24) is 19.7 Å². The van der Waals surface area contributed by atoms with Crippen LogP contribution in [0.1, 0.15) is 5.56 Å². The predicted octanol–water partition coefficient (Wildman–Crippen LogP) is 0.619. The molecule has 6 nitrogen and oxygen atoms in total. The quantitative estimate of drug-likeness (QED) is 0.800. The molecule has 0 aliphatic carbocycles. The van der Waals surface area contributed by atoms with Gasteiger partial charge in [-0.2, -0.15) is 4.98 Å². The number of aryl methyl sites for hydroxylation is 1. The molecule has 0 fully saturated rings. The van der Waals surface area contributed by atoms with Crippen molar-refractivity contribution in [3.8, 4) is 5.82 Å². The van der Waals surface area contributed by atoms with E-state index in [0.717, 1.165) is 5.56 Å². The Hall–Kier alpha value is -2.11. The molecule has 2 aromatic heterocycles. The van der Waals surface area contributed by atoms with Gasteiger partial charge in [-0.1, -0.05) is 0 Å². The van der Waals surface area contributed by atoms with E-state index >= 15 is 0 Å². The van der Waals surface area contributed by atoms with Crippen LogP contribution in [0.3, 0.4) is 0 Å². The zero-order valence-electron chi connectivity index (χ0n) is 9.55. The highest BCUT2D eigenvalue weighted by Gasteiger charge is 2.06. The minimum atomic E-state index is 0.519. The Morgan fingerprint density at radius 1 is 1.38 bits per heavy atom. The number of nitrogen functional groups attached to an aromatic ring is 1. The fourth-order valence-electron chi connectivity index (χ4n) is 1.27. The monoisotopic (exact) mass is 218 g/mol. The lowest BCUT2D eigenvalue weighted by molar-refractivity contribution is 0.835. The second-order valence-corrected chi connectivity index (χ2v) is 3.75. The first-order valence-corrected chi connectivity index (χ1v) is 4.90. The highest BCUT2D eigenvalue weighted by molar-refractivity contribution is 5.40. The van der Waals surface area contributed by atoms with Crippen LogP contribution in [0.25, 0.3) is 5.82 Å². The molecule has 0 aromatic carbocycles. The van der Waals surface area contributed by atoms with E-state index in [1.807, 2.05) is 32.1 Å². The van der Waals surface area contributed by atoms with Gasteiger partial charge in [-0.3, -0.25) is 0 Å². The second-order valence-electron chi connectivity index (χ2n) is 3.75. The van der Waals surface area contributed by atoms with Gasteiger partial charge in [0.1, 0.15) is 5.82 Å². The zero-order valence-corrected chi connectivity index (χ0v) is 9.55. The molecule has 0 radical (unpaired) electrons. The van der Waals surface area contributed by atoms with Crippen LogP contribution in [0, 0.1) is 6.92 Å². The summed E-state index contributed by atoms with van der Waals surface area (Å²) in [4.78, 5) is 10.3. The summed E-state index contributed by atoms with van der Waals surface area (Å²) < 4.78 is 1.65. The maximum absolute atomic E-state index is 5.69. The molecule has 0 saturated carbocycles. The predicted molar refractivity (Wildman–Crippen MR) is 62.6 cm³/mol. The normalized spacial score (nSPS) is 10.4. The van der Waals surface area contributed by atoms with Crippen molar-refractivity contribution in [3.63, 3.8) is 0 Å². The van der Waals surface area contributed by atoms with Crippen LogP contribution in [0.5, 0.6) is 0 Å². The van der Waals surface area contributed by atoms with Crippen LogP contribution in [-0.2, 0) is 0 Å². The topological polar surface area (TPSA) is 72.9 Å². The number of hydrogen-bond donors (Lipinski definition) is 1. The third-order valence-corrected chi connectivity index (χ3v) is 2.20. The molecule has 0 bridgehead atoms. The van der Waals surface area contributed by atoms with Gasteiger partial charge in [0.2, 0.25) is 5.95 Å². The lowest BCUT2D eigenvalue weighted by Crippen LogP contribution is -2.13. The van der Waals surface area contributed by atoms with Crippen LogP contribution in [0.2, 0.25) is 0 Å². The summed E-state index contributed by atoms with van der Waals surface area (Å²) in [5.74, 6) is 1.87. The first-order chi connectivity index (χ1) is 7.58. The highest BCUT2D eigenvalue weighted by Crippen LogP contribution is 2.12. The summed E-state index contributed by atoms with van der Waals surface area (Å²) in [5.41, 5.74) is 6.63. The van der Waals surface area contributed by atoms with Gasteiger partial charge in [0.15, 0.2) is 5.82 Å². The molecule has 0 unspecified atom stereocenters. The van der Waals surface area contributed by atoms with E-state index in [1.54, 1.807) is 16.9 Å². The van der Waals surface area contributed by atoms with Gasteiger partial charge in [0, 0.05) is 38.1 Å². The van der Waals surface area contributed by atoms with E-state index < -0.39 is 0 Å². The molecule has 0 amide bonds. The minimum Gasteiger partial charge on any atom is -0.382 e. The summed E-state index contributed by atoms with van der Waals surface area (Å²) in [6.45, 7) is 1.91. The Morgan fingerprint density at radius 3 is 2.69 bits per heavy atom. The summed E-state index contributed by atoms with van der Waals surface area (Å²) >= 11 is 0. The molecule has 2 rings (SSSR count). The van der Waals surface area contributed by atoms with E-state index in [9.17, 15) is 0 Å². The van der Waals surface area contributed by atoms with Gasteiger partial charge in [0.05, 0.1) is 0 Å². The van der Waals surface area contributed by atoms with Crippen LogP contribution in [0.15, 0.2) is 18.5 Å². The molecule has 16 heavy (non-hydrogen) atoms. The van der Waals surface area contributed by atoms with Gasteiger partial charge in [-0.15, -0.1) is 5.10 Å². The first kappa shape index (κ1) is 10.4. The average Bonchev–Trinajstić information content (AvgIpc) is 2.59. The van der Waals surface area contributed by atoms with Crippen molar-refractivity contribution in [2.24, 2.45) is 0 Å². The number of aromatic nitrogens is 4. The average molecular weight is 218 g/mol. The third kappa shape index (κ3) is 1.81. The molecule has 2 aromatic rings. The van der Waals surface area contributed by atoms with E-state index in [1.165, 1.54) is 0 Å². The number of hydrogen-bond acceptors (Lipinski definition) is 5. The fourth-order valence-corrected chi connectivity index (χ4v) is 1.27. The Balaban J connectivity index is 2.44. The molecule has 2 heterocycles. The summed E-state index contributed by atoms with van der Waals surface area (Å²) in [5, 5.41) is 4.17. The molecule has 0 spiro atoms. The van der Waals surface area contributed by atoms with Gasteiger partial charge < -0.3 is 10.6 Å². The number of anilines is 2. The van der Waals surface area contributed by atoms with E-state index in [4.69, 9.17) is 5.73 Å². The molecular weight excluding hydrogens is 204 g/mol. The lowest BCUT2D eigenvalue weighted by atomic mass is 10.4. The number of nitrogens with two attached hydrogens (primary N) is 1. The summed E-state index contributed by atoms with van der Waals surface area (Å²) in [6, 6.07) is 1.79. The number of rotatable bonds is 2. The van der Waals surface area contributed by atoms with E-state index in [-0.39, 0.29) is 0 Å². The molecule has 6 heteroatoms. The molecule has 84 valence electrons. The van der Waals surface area contributed by atoms with E-state index in [0.29, 0.717) is 17.6 Å². The maximum atomic E-state index is 5.69. The molecule has 2 N–H and O–H groups in total. The van der Waals surface area contributed by atoms with Crippen LogP contribution in [0.4, 0.5) is 11.8 Å². The first-order valence-electron chi connectivity index (χ1n) is 4.90. The van der Waals surface area contributed by atoms with Gasteiger partial charge in [-0.05, 0) is 6.92 Å². The Kier molecular flexibility index (Phi) is 2.47. The van der Waals surface area contributed by atoms with Gasteiger partial charge in [-0.25, -0.2) is 9.67 Å². The standard InChI is InChI=1S/C10H14N6/c1-7-6-16(14-9(7)11)8-4-5-12-10(13-8)15(2)3/h4-6H,1-3H3,(H2,11,14). The molecule has 0 aliphatic heterocycles. The van der Waals surface area contributed by atoms with Crippen molar-refractivity contribution in [2.45, 2.75) is 6.92 Å². The third-order valence-electron chi connectivity index (χ3n) is 2.20. The van der Waals surface area contributed by atoms with Gasteiger partial charge in [0.25, 0.3) is 0 Å². The van der Waals surface area contributed by atoms with E-state index in [2.05, 4.69) is 15.1 Å². The van der Waals surface area contributed by atoms with Crippen LogP contribution in [-0.4, -0.2) is 33.8 Å². The van der Waals surface area contributed by atoms with Crippen molar-refractivity contribution in [1.29, 1.82) is 0 Å². The SMILES string of the molecule is Cc1cn(-c2ccnc(N(C)C)n2)nc1N. The summed E-state index contributed by atoms with van der Waals surface area (Å²) in [6.07, 6.45) is 3.54. The highest BCUT2D eigenvalue weighted by atomic mass is 15.3. The maximum Gasteiger partial charge on any atom is 0.226 e. The zero-order chi connectivity index (χ0) is 11.7. The van der Waals surface area contributed by atoms with Crippen LogP contribution < -0.4 is 10.6 Å². The Bertz CT molecular complexity index is 482. The molecule has 0 atom stereocenters. The summed E-state index contributed by atoms with van der Waals surface area (Å²) in [7, 11) is 3.78. The van der Waals surface area contributed by atoms with Crippen molar-refractivity contribution in [2.75, 3.05) is 24.7 Å². The lowest BCUT2D eigenvalue weighted by Gasteiger charge is -2.10. The minimum absolute atomic E-state index is 0.519. The molecular formula is C10H14N6. The van der Waals surface area contributed by atoms with Crippen molar-refractivity contribution in [3.05, 3.63) is 24.0 Å². The molecule has 0 aliphatic rings. The van der Waals surface area contributed by atoms with Gasteiger partial charge >= 0.3 is 0 Å². The van der Waals surface area contributed by atoms with Crippen LogP contribution >= 0.6 is 0 Å². The smallest absolute Gasteiger partial charge is 0.226 e. The fraction of sp³-hybridized carbons (Fsp3) is 0.300. The van der Waals surface area contributed by atoms with Crippen molar-refractivity contribution >= 4 is 11.8 Å². The molecule has 0 saturated heterocycles. The Morgan fingerprint density at radius 2 is 2.12 bits per heavy atom.